The van der Waals surface area contributed by atoms with E-state index in [1.54, 1.807) is 18.6 Å². The number of pyridine rings is 1. The van der Waals surface area contributed by atoms with E-state index < -0.39 is 0 Å². The zero-order valence-electron chi connectivity index (χ0n) is 16.5. The standard InChI is InChI=1S/C22H24N6O/c1-2-17-6-3-4-7-19(17)26-21(29)20-16-18(8-11-23-20)27-12-14-28(15-13-27)22-24-9-5-10-25-22/h3-11,16H,2,12-15H2,1H3,(H,26,29). The normalized spacial score (nSPS) is 14.0. The van der Waals surface area contributed by atoms with Gasteiger partial charge in [0.05, 0.1) is 0 Å². The van der Waals surface area contributed by atoms with E-state index in [0.29, 0.717) is 5.69 Å². The Morgan fingerprint density at radius 3 is 2.41 bits per heavy atom. The highest BCUT2D eigenvalue weighted by Crippen LogP contribution is 2.20. The molecule has 1 saturated heterocycles. The SMILES string of the molecule is CCc1ccccc1NC(=O)c1cc(N2CCN(c3ncccn3)CC2)ccn1. The molecule has 0 aliphatic carbocycles. The van der Waals surface area contributed by atoms with Gasteiger partial charge in [-0.05, 0) is 36.2 Å². The van der Waals surface area contributed by atoms with Crippen LogP contribution in [0.2, 0.25) is 0 Å². The Bertz CT molecular complexity index is 970. The first-order valence-corrected chi connectivity index (χ1v) is 9.87. The average Bonchev–Trinajstić information content (AvgIpc) is 2.80. The predicted molar refractivity (Wildman–Crippen MR) is 114 cm³/mol. The third kappa shape index (κ3) is 4.34. The summed E-state index contributed by atoms with van der Waals surface area (Å²) in [6, 6.07) is 13.5. The average molecular weight is 388 g/mol. The Morgan fingerprint density at radius 1 is 0.931 bits per heavy atom. The van der Waals surface area contributed by atoms with Crippen molar-refractivity contribution >= 4 is 23.2 Å². The lowest BCUT2D eigenvalue weighted by Crippen LogP contribution is -2.47. The molecule has 0 atom stereocenters. The van der Waals surface area contributed by atoms with Gasteiger partial charge >= 0.3 is 0 Å². The highest BCUT2D eigenvalue weighted by Gasteiger charge is 2.20. The minimum atomic E-state index is -0.191. The molecule has 2 aromatic heterocycles. The summed E-state index contributed by atoms with van der Waals surface area (Å²) in [5.41, 5.74) is 3.37. The molecule has 1 N–H and O–H groups in total. The van der Waals surface area contributed by atoms with Gasteiger partial charge < -0.3 is 15.1 Å². The van der Waals surface area contributed by atoms with Crippen LogP contribution in [0, 0.1) is 0 Å². The van der Waals surface area contributed by atoms with E-state index in [9.17, 15) is 4.79 Å². The molecule has 1 aliphatic heterocycles. The lowest BCUT2D eigenvalue weighted by Gasteiger charge is -2.36. The van der Waals surface area contributed by atoms with Gasteiger partial charge in [0.1, 0.15) is 5.69 Å². The van der Waals surface area contributed by atoms with Crippen molar-refractivity contribution in [3.05, 3.63) is 72.3 Å². The van der Waals surface area contributed by atoms with Crippen molar-refractivity contribution in [3.63, 3.8) is 0 Å². The summed E-state index contributed by atoms with van der Waals surface area (Å²) in [4.78, 5) is 30.1. The molecule has 0 bridgehead atoms. The van der Waals surface area contributed by atoms with E-state index in [-0.39, 0.29) is 5.91 Å². The summed E-state index contributed by atoms with van der Waals surface area (Å²) in [6.45, 7) is 5.41. The number of anilines is 3. The van der Waals surface area contributed by atoms with Gasteiger partial charge in [0, 0.05) is 56.1 Å². The number of nitrogens with one attached hydrogen (secondary N) is 1. The van der Waals surface area contributed by atoms with Crippen LogP contribution in [-0.2, 0) is 6.42 Å². The van der Waals surface area contributed by atoms with Crippen LogP contribution >= 0.6 is 0 Å². The van der Waals surface area contributed by atoms with Crippen molar-refractivity contribution in [2.45, 2.75) is 13.3 Å². The van der Waals surface area contributed by atoms with Gasteiger partial charge in [-0.2, -0.15) is 0 Å². The largest absolute Gasteiger partial charge is 0.368 e. The first kappa shape index (κ1) is 18.9. The maximum atomic E-state index is 12.7. The number of benzene rings is 1. The van der Waals surface area contributed by atoms with E-state index in [2.05, 4.69) is 37.0 Å². The van der Waals surface area contributed by atoms with Crippen molar-refractivity contribution in [1.82, 2.24) is 15.0 Å². The number of piperazine rings is 1. The van der Waals surface area contributed by atoms with E-state index in [1.807, 2.05) is 42.5 Å². The highest BCUT2D eigenvalue weighted by atomic mass is 16.1. The van der Waals surface area contributed by atoms with Crippen LogP contribution in [0.1, 0.15) is 23.0 Å². The number of nitrogens with zero attached hydrogens (tertiary/aromatic N) is 5. The van der Waals surface area contributed by atoms with Crippen LogP contribution in [0.3, 0.4) is 0 Å². The molecule has 148 valence electrons. The molecule has 7 nitrogen and oxygen atoms in total. The first-order valence-electron chi connectivity index (χ1n) is 9.87. The minimum Gasteiger partial charge on any atom is -0.368 e. The molecule has 7 heteroatoms. The maximum Gasteiger partial charge on any atom is 0.274 e. The van der Waals surface area contributed by atoms with Crippen molar-refractivity contribution in [2.75, 3.05) is 41.3 Å². The minimum absolute atomic E-state index is 0.191. The quantitative estimate of drug-likeness (QED) is 0.724. The van der Waals surface area contributed by atoms with Gasteiger partial charge in [0.25, 0.3) is 5.91 Å². The molecule has 1 aromatic carbocycles. The summed E-state index contributed by atoms with van der Waals surface area (Å²) in [5.74, 6) is 0.570. The third-order valence-corrected chi connectivity index (χ3v) is 5.10. The van der Waals surface area contributed by atoms with Gasteiger partial charge in [-0.1, -0.05) is 25.1 Å². The lowest BCUT2D eigenvalue weighted by atomic mass is 10.1. The number of carbonyl (C=O) groups is 1. The second-order valence-corrected chi connectivity index (χ2v) is 6.89. The van der Waals surface area contributed by atoms with Crippen LogP contribution in [0.25, 0.3) is 0 Å². The number of hydrogen-bond donors (Lipinski definition) is 1. The van der Waals surface area contributed by atoms with E-state index in [4.69, 9.17) is 0 Å². The Kier molecular flexibility index (Phi) is 5.65. The zero-order chi connectivity index (χ0) is 20.1. The molecule has 3 aromatic rings. The van der Waals surface area contributed by atoms with E-state index in [0.717, 1.165) is 55.5 Å². The molecule has 1 amide bonds. The number of rotatable bonds is 5. The van der Waals surface area contributed by atoms with Crippen LogP contribution in [-0.4, -0.2) is 47.0 Å². The fourth-order valence-corrected chi connectivity index (χ4v) is 3.50. The molecule has 29 heavy (non-hydrogen) atoms. The summed E-state index contributed by atoms with van der Waals surface area (Å²) in [7, 11) is 0. The fraction of sp³-hybridized carbons (Fsp3) is 0.273. The monoisotopic (exact) mass is 388 g/mol. The molecule has 1 aliphatic rings. The number of aromatic nitrogens is 3. The molecule has 0 spiro atoms. The van der Waals surface area contributed by atoms with Crippen LogP contribution < -0.4 is 15.1 Å². The Balaban J connectivity index is 1.43. The first-order chi connectivity index (χ1) is 14.2. The highest BCUT2D eigenvalue weighted by molar-refractivity contribution is 6.03. The summed E-state index contributed by atoms with van der Waals surface area (Å²) in [6.07, 6.45) is 6.08. The fourth-order valence-electron chi connectivity index (χ4n) is 3.50. The molecule has 0 unspecified atom stereocenters. The van der Waals surface area contributed by atoms with Gasteiger partial charge in [-0.25, -0.2) is 9.97 Å². The lowest BCUT2D eigenvalue weighted by molar-refractivity contribution is 0.102. The van der Waals surface area contributed by atoms with Crippen molar-refractivity contribution in [1.29, 1.82) is 0 Å². The van der Waals surface area contributed by atoms with Gasteiger partial charge in [0.15, 0.2) is 0 Å². The molecule has 4 rings (SSSR count). The molecular weight excluding hydrogens is 364 g/mol. The predicted octanol–water partition coefficient (Wildman–Crippen LogP) is 3.01. The number of para-hydroxylation sites is 1. The van der Waals surface area contributed by atoms with E-state index in [1.165, 1.54) is 0 Å². The number of hydrogen-bond acceptors (Lipinski definition) is 6. The number of aryl methyl sites for hydroxylation is 1. The smallest absolute Gasteiger partial charge is 0.274 e. The third-order valence-electron chi connectivity index (χ3n) is 5.10. The summed E-state index contributed by atoms with van der Waals surface area (Å²) < 4.78 is 0. The van der Waals surface area contributed by atoms with Crippen LogP contribution in [0.4, 0.5) is 17.3 Å². The second-order valence-electron chi connectivity index (χ2n) is 6.89. The number of carbonyl (C=O) groups excluding carboxylic acids is 1. The van der Waals surface area contributed by atoms with Gasteiger partial charge in [-0.15, -0.1) is 0 Å². The Labute approximate surface area is 170 Å². The van der Waals surface area contributed by atoms with Gasteiger partial charge in [0.2, 0.25) is 5.95 Å². The molecule has 0 radical (unpaired) electrons. The molecular formula is C22H24N6O. The zero-order valence-corrected chi connectivity index (χ0v) is 16.5. The Morgan fingerprint density at radius 2 is 1.66 bits per heavy atom. The Hall–Kier alpha value is -3.48. The van der Waals surface area contributed by atoms with Crippen molar-refractivity contribution in [3.8, 4) is 0 Å². The number of amides is 1. The topological polar surface area (TPSA) is 74.2 Å². The summed E-state index contributed by atoms with van der Waals surface area (Å²) >= 11 is 0. The van der Waals surface area contributed by atoms with Crippen LogP contribution in [0.15, 0.2) is 61.1 Å². The van der Waals surface area contributed by atoms with Crippen LogP contribution in [0.5, 0.6) is 0 Å². The van der Waals surface area contributed by atoms with Gasteiger partial charge in [-0.3, -0.25) is 9.78 Å². The summed E-state index contributed by atoms with van der Waals surface area (Å²) in [5, 5.41) is 2.99. The molecule has 0 saturated carbocycles. The van der Waals surface area contributed by atoms with E-state index >= 15 is 0 Å². The molecule has 3 heterocycles. The molecule has 1 fully saturated rings. The van der Waals surface area contributed by atoms with Crippen molar-refractivity contribution < 1.29 is 4.79 Å². The second kappa shape index (κ2) is 8.68. The van der Waals surface area contributed by atoms with Crippen molar-refractivity contribution in [2.24, 2.45) is 0 Å². The maximum absolute atomic E-state index is 12.7.